The fraction of sp³-hybridized carbons (Fsp3) is 0.167. The van der Waals surface area contributed by atoms with Crippen molar-refractivity contribution in [2.45, 2.75) is 17.2 Å². The summed E-state index contributed by atoms with van der Waals surface area (Å²) in [5.74, 6) is 0. The van der Waals surface area contributed by atoms with Gasteiger partial charge in [-0.05, 0) is 25.1 Å². The van der Waals surface area contributed by atoms with E-state index in [9.17, 15) is 4.79 Å². The molecule has 1 atom stereocenters. The maximum absolute atomic E-state index is 12.0. The van der Waals surface area contributed by atoms with E-state index >= 15 is 0 Å². The minimum atomic E-state index is -0.423. The Balaban J connectivity index is 2.12. The van der Waals surface area contributed by atoms with Crippen LogP contribution >= 0.6 is 35.0 Å². The molecule has 98 valence electrons. The van der Waals surface area contributed by atoms with E-state index in [2.05, 4.69) is 17.3 Å². The van der Waals surface area contributed by atoms with E-state index in [-0.39, 0.29) is 10.0 Å². The molecule has 0 fully saturated rings. The number of benzene rings is 1. The molecule has 3 rings (SSSR count). The van der Waals surface area contributed by atoms with Crippen molar-refractivity contribution in [2.75, 3.05) is 5.32 Å². The molecule has 1 aromatic heterocycles. The Kier molecular flexibility index (Phi) is 3.20. The Morgan fingerprint density at radius 1 is 1.42 bits per heavy atom. The molecular formula is C12H9Cl2N3OS. The summed E-state index contributed by atoms with van der Waals surface area (Å²) in [6.07, 6.45) is 1.36. The van der Waals surface area contributed by atoms with E-state index in [4.69, 9.17) is 23.2 Å². The zero-order chi connectivity index (χ0) is 13.6. The standard InChI is InChI=1S/C12H9Cl2N3OS/c1-6-16-9-4-7(2-3-10(9)19-6)17-12(18)11(14)8(13)5-15-17/h2-6,16H,1H3. The van der Waals surface area contributed by atoms with Gasteiger partial charge in [-0.25, -0.2) is 0 Å². The van der Waals surface area contributed by atoms with Crippen molar-refractivity contribution in [3.8, 4) is 5.69 Å². The highest BCUT2D eigenvalue weighted by Crippen LogP contribution is 2.38. The summed E-state index contributed by atoms with van der Waals surface area (Å²) in [6, 6.07) is 5.68. The van der Waals surface area contributed by atoms with E-state index in [0.29, 0.717) is 11.1 Å². The van der Waals surface area contributed by atoms with Gasteiger partial charge in [-0.1, -0.05) is 35.0 Å². The summed E-state index contributed by atoms with van der Waals surface area (Å²) < 4.78 is 1.24. The van der Waals surface area contributed by atoms with Crippen LogP contribution in [0.1, 0.15) is 6.92 Å². The lowest BCUT2D eigenvalue weighted by molar-refractivity contribution is 0.807. The highest BCUT2D eigenvalue weighted by atomic mass is 35.5. The normalized spacial score (nSPS) is 17.1. The first-order chi connectivity index (χ1) is 9.06. The average molecular weight is 314 g/mol. The Hall–Kier alpha value is -1.17. The maximum atomic E-state index is 12.0. The number of hydrogen-bond acceptors (Lipinski definition) is 4. The Morgan fingerprint density at radius 3 is 3.00 bits per heavy atom. The summed E-state index contributed by atoms with van der Waals surface area (Å²) in [5, 5.41) is 7.78. The van der Waals surface area contributed by atoms with E-state index in [1.165, 1.54) is 10.9 Å². The number of fused-ring (bicyclic) bond motifs is 1. The molecule has 7 heteroatoms. The van der Waals surface area contributed by atoms with Gasteiger partial charge in [0, 0.05) is 4.90 Å². The highest BCUT2D eigenvalue weighted by molar-refractivity contribution is 8.00. The summed E-state index contributed by atoms with van der Waals surface area (Å²) in [4.78, 5) is 13.2. The molecule has 4 nitrogen and oxygen atoms in total. The minimum absolute atomic E-state index is 0.0205. The number of nitrogens with zero attached hydrogens (tertiary/aromatic N) is 2. The van der Waals surface area contributed by atoms with E-state index < -0.39 is 5.56 Å². The predicted molar refractivity (Wildman–Crippen MR) is 78.8 cm³/mol. The van der Waals surface area contributed by atoms with Crippen LogP contribution in [0.3, 0.4) is 0 Å². The molecule has 0 saturated carbocycles. The number of thioether (sulfide) groups is 1. The van der Waals surface area contributed by atoms with Gasteiger partial charge >= 0.3 is 0 Å². The maximum Gasteiger partial charge on any atom is 0.291 e. The van der Waals surface area contributed by atoms with Crippen molar-refractivity contribution in [2.24, 2.45) is 0 Å². The van der Waals surface area contributed by atoms with Crippen LogP contribution in [0.5, 0.6) is 0 Å². The van der Waals surface area contributed by atoms with Crippen molar-refractivity contribution in [3.05, 3.63) is 44.8 Å². The van der Waals surface area contributed by atoms with Crippen molar-refractivity contribution in [3.63, 3.8) is 0 Å². The lowest BCUT2D eigenvalue weighted by Crippen LogP contribution is -2.21. The van der Waals surface area contributed by atoms with E-state index in [1.54, 1.807) is 11.8 Å². The Morgan fingerprint density at radius 2 is 2.21 bits per heavy atom. The number of nitrogens with one attached hydrogen (secondary N) is 1. The monoisotopic (exact) mass is 313 g/mol. The van der Waals surface area contributed by atoms with Gasteiger partial charge in [0.15, 0.2) is 0 Å². The van der Waals surface area contributed by atoms with Gasteiger partial charge in [-0.2, -0.15) is 9.78 Å². The molecule has 0 saturated heterocycles. The van der Waals surface area contributed by atoms with E-state index in [1.807, 2.05) is 18.2 Å². The minimum Gasteiger partial charge on any atom is -0.372 e. The van der Waals surface area contributed by atoms with Crippen LogP contribution in [0.2, 0.25) is 10.0 Å². The number of rotatable bonds is 1. The van der Waals surface area contributed by atoms with Crippen LogP contribution in [0.25, 0.3) is 5.69 Å². The summed E-state index contributed by atoms with van der Waals surface area (Å²) in [5.41, 5.74) is 1.23. The molecule has 19 heavy (non-hydrogen) atoms. The lowest BCUT2D eigenvalue weighted by atomic mass is 10.2. The highest BCUT2D eigenvalue weighted by Gasteiger charge is 2.18. The second-order valence-corrected chi connectivity index (χ2v) is 6.28. The van der Waals surface area contributed by atoms with Gasteiger partial charge in [-0.15, -0.1) is 0 Å². The van der Waals surface area contributed by atoms with Crippen molar-refractivity contribution >= 4 is 40.7 Å². The van der Waals surface area contributed by atoms with E-state index in [0.717, 1.165) is 10.6 Å². The van der Waals surface area contributed by atoms with Gasteiger partial charge in [0.25, 0.3) is 5.56 Å². The second-order valence-electron chi connectivity index (χ2n) is 4.11. The average Bonchev–Trinajstić information content (AvgIpc) is 2.75. The van der Waals surface area contributed by atoms with Gasteiger partial charge < -0.3 is 5.32 Å². The fourth-order valence-corrected chi connectivity index (χ4v) is 3.11. The SMILES string of the molecule is CC1Nc2cc(-n3ncc(Cl)c(Cl)c3=O)ccc2S1. The topological polar surface area (TPSA) is 46.9 Å². The third kappa shape index (κ3) is 2.22. The summed E-state index contributed by atoms with van der Waals surface area (Å²) in [6.45, 7) is 2.08. The molecule has 1 aliphatic rings. The lowest BCUT2D eigenvalue weighted by Gasteiger charge is -2.07. The van der Waals surface area contributed by atoms with Crippen LogP contribution in [0, 0.1) is 0 Å². The number of anilines is 1. The molecular weight excluding hydrogens is 305 g/mol. The first kappa shape index (κ1) is 12.8. The number of halogens is 2. The second kappa shape index (κ2) is 4.74. The summed E-state index contributed by atoms with van der Waals surface area (Å²) >= 11 is 13.3. The number of aromatic nitrogens is 2. The molecule has 0 spiro atoms. The van der Waals surface area contributed by atoms with Crippen LogP contribution < -0.4 is 10.9 Å². The Labute approximate surface area is 123 Å². The molecule has 2 heterocycles. The molecule has 1 unspecified atom stereocenters. The molecule has 1 aliphatic heterocycles. The van der Waals surface area contributed by atoms with Crippen LogP contribution in [-0.2, 0) is 0 Å². The smallest absolute Gasteiger partial charge is 0.291 e. The van der Waals surface area contributed by atoms with Gasteiger partial charge in [-0.3, -0.25) is 4.79 Å². The zero-order valence-corrected chi connectivity index (χ0v) is 12.2. The van der Waals surface area contributed by atoms with Crippen LogP contribution in [0.15, 0.2) is 34.1 Å². The predicted octanol–water partition coefficient (Wildman–Crippen LogP) is 3.40. The third-order valence-electron chi connectivity index (χ3n) is 2.75. The molecule has 1 aromatic carbocycles. The quantitative estimate of drug-likeness (QED) is 0.876. The van der Waals surface area contributed by atoms with Crippen LogP contribution in [-0.4, -0.2) is 15.2 Å². The molecule has 2 aromatic rings. The third-order valence-corrected chi connectivity index (χ3v) is 4.58. The largest absolute Gasteiger partial charge is 0.372 e. The fourth-order valence-electron chi connectivity index (χ4n) is 1.90. The molecule has 0 aliphatic carbocycles. The summed E-state index contributed by atoms with van der Waals surface area (Å²) in [7, 11) is 0. The molecule has 1 N–H and O–H groups in total. The number of hydrogen-bond donors (Lipinski definition) is 1. The molecule has 0 bridgehead atoms. The first-order valence-electron chi connectivity index (χ1n) is 5.57. The Bertz CT molecular complexity index is 717. The van der Waals surface area contributed by atoms with Gasteiger partial charge in [0.05, 0.1) is 28.0 Å². The van der Waals surface area contributed by atoms with Crippen molar-refractivity contribution in [1.29, 1.82) is 0 Å². The van der Waals surface area contributed by atoms with Crippen molar-refractivity contribution in [1.82, 2.24) is 9.78 Å². The van der Waals surface area contributed by atoms with Crippen LogP contribution in [0.4, 0.5) is 5.69 Å². The van der Waals surface area contributed by atoms with Gasteiger partial charge in [0.2, 0.25) is 0 Å². The molecule has 0 amide bonds. The first-order valence-corrected chi connectivity index (χ1v) is 7.21. The molecule has 0 radical (unpaired) electrons. The van der Waals surface area contributed by atoms with Gasteiger partial charge in [0.1, 0.15) is 5.02 Å². The zero-order valence-electron chi connectivity index (χ0n) is 9.85. The van der Waals surface area contributed by atoms with Crippen molar-refractivity contribution < 1.29 is 0 Å².